The maximum atomic E-state index is 12.2. The average molecular weight is 325 g/mol. The lowest BCUT2D eigenvalue weighted by molar-refractivity contribution is -0.116. The molecule has 0 saturated heterocycles. The highest BCUT2D eigenvalue weighted by Crippen LogP contribution is 2.31. The molecule has 3 rings (SSSR count). The fourth-order valence-corrected chi connectivity index (χ4v) is 2.61. The zero-order valence-electron chi connectivity index (χ0n) is 13.6. The first-order chi connectivity index (χ1) is 11.7. The Hall–Kier alpha value is -3.02. The molecule has 0 bridgehead atoms. The van der Waals surface area contributed by atoms with E-state index < -0.39 is 0 Å². The van der Waals surface area contributed by atoms with Crippen molar-refractivity contribution in [1.82, 2.24) is 9.97 Å². The van der Waals surface area contributed by atoms with E-state index in [1.165, 1.54) is 0 Å². The topological polar surface area (TPSA) is 76.2 Å². The van der Waals surface area contributed by atoms with E-state index in [0.717, 1.165) is 16.6 Å². The summed E-state index contributed by atoms with van der Waals surface area (Å²) < 4.78 is 10.7. The van der Waals surface area contributed by atoms with Crippen LogP contribution in [0.4, 0.5) is 5.95 Å². The summed E-state index contributed by atoms with van der Waals surface area (Å²) in [5, 5.41) is 2.79. The van der Waals surface area contributed by atoms with Gasteiger partial charge in [-0.2, -0.15) is 0 Å². The number of nitrogens with one attached hydrogen (secondary N) is 2. The van der Waals surface area contributed by atoms with Crippen LogP contribution in [0.5, 0.6) is 11.5 Å². The number of methoxy groups -OCH3 is 2. The van der Waals surface area contributed by atoms with Crippen LogP contribution in [0, 0.1) is 0 Å². The number of carbonyl (C=O) groups is 1. The number of amides is 1. The van der Waals surface area contributed by atoms with E-state index in [0.29, 0.717) is 30.3 Å². The summed E-state index contributed by atoms with van der Waals surface area (Å²) in [4.78, 5) is 19.6. The number of aromatic amines is 1. The van der Waals surface area contributed by atoms with E-state index in [2.05, 4.69) is 15.3 Å². The van der Waals surface area contributed by atoms with Crippen molar-refractivity contribution in [3.05, 3.63) is 48.0 Å². The zero-order valence-corrected chi connectivity index (χ0v) is 13.6. The Morgan fingerprint density at radius 1 is 1.12 bits per heavy atom. The maximum Gasteiger partial charge on any atom is 0.227 e. The number of hydrogen-bond acceptors (Lipinski definition) is 4. The Morgan fingerprint density at radius 3 is 2.71 bits per heavy atom. The number of H-pyrrole nitrogens is 1. The van der Waals surface area contributed by atoms with E-state index in [9.17, 15) is 4.79 Å². The van der Waals surface area contributed by atoms with Crippen LogP contribution in [-0.2, 0) is 11.2 Å². The number of hydrogen-bond donors (Lipinski definition) is 2. The van der Waals surface area contributed by atoms with Crippen molar-refractivity contribution in [2.75, 3.05) is 19.5 Å². The summed E-state index contributed by atoms with van der Waals surface area (Å²) in [7, 11) is 3.19. The Kier molecular flexibility index (Phi) is 4.65. The number of rotatable bonds is 6. The molecule has 6 heteroatoms. The van der Waals surface area contributed by atoms with Crippen LogP contribution in [0.25, 0.3) is 11.0 Å². The van der Waals surface area contributed by atoms with E-state index in [1.54, 1.807) is 14.2 Å². The fraction of sp³-hybridized carbons (Fsp3) is 0.222. The van der Waals surface area contributed by atoms with Gasteiger partial charge in [0.1, 0.15) is 0 Å². The van der Waals surface area contributed by atoms with Crippen molar-refractivity contribution in [3.8, 4) is 11.5 Å². The fourth-order valence-electron chi connectivity index (χ4n) is 2.61. The predicted molar refractivity (Wildman–Crippen MR) is 92.6 cm³/mol. The smallest absolute Gasteiger partial charge is 0.227 e. The number of benzene rings is 2. The lowest BCUT2D eigenvalue weighted by Gasteiger charge is -2.12. The number of aryl methyl sites for hydroxylation is 1. The van der Waals surface area contributed by atoms with Gasteiger partial charge < -0.3 is 14.5 Å². The van der Waals surface area contributed by atoms with Gasteiger partial charge in [-0.25, -0.2) is 4.98 Å². The summed E-state index contributed by atoms with van der Waals surface area (Å²) in [6.07, 6.45) is 0.868. The van der Waals surface area contributed by atoms with Crippen LogP contribution in [0.15, 0.2) is 42.5 Å². The minimum absolute atomic E-state index is 0.112. The molecule has 0 radical (unpaired) electrons. The van der Waals surface area contributed by atoms with Gasteiger partial charge in [-0.3, -0.25) is 10.1 Å². The van der Waals surface area contributed by atoms with Gasteiger partial charge in [-0.15, -0.1) is 0 Å². The van der Waals surface area contributed by atoms with Crippen LogP contribution in [0.3, 0.4) is 0 Å². The SMILES string of the molecule is COc1cccc(CCC(=O)Nc2nc3ccccc3[nH]2)c1OC. The molecule has 0 aliphatic heterocycles. The molecule has 6 nitrogen and oxygen atoms in total. The largest absolute Gasteiger partial charge is 0.493 e. The van der Waals surface area contributed by atoms with Gasteiger partial charge >= 0.3 is 0 Å². The Balaban J connectivity index is 1.65. The first-order valence-electron chi connectivity index (χ1n) is 7.65. The number of fused-ring (bicyclic) bond motifs is 1. The summed E-state index contributed by atoms with van der Waals surface area (Å²) in [5.41, 5.74) is 2.64. The highest BCUT2D eigenvalue weighted by molar-refractivity contribution is 5.91. The first kappa shape index (κ1) is 15.9. The van der Waals surface area contributed by atoms with Crippen LogP contribution >= 0.6 is 0 Å². The van der Waals surface area contributed by atoms with Crippen molar-refractivity contribution < 1.29 is 14.3 Å². The van der Waals surface area contributed by atoms with Gasteiger partial charge in [-0.05, 0) is 30.2 Å². The molecule has 1 amide bonds. The number of ether oxygens (including phenoxy) is 2. The predicted octanol–water partition coefficient (Wildman–Crippen LogP) is 3.15. The third kappa shape index (κ3) is 3.32. The van der Waals surface area contributed by atoms with E-state index in [4.69, 9.17) is 9.47 Å². The molecule has 3 aromatic rings. The van der Waals surface area contributed by atoms with E-state index in [1.807, 2.05) is 42.5 Å². The molecule has 1 heterocycles. The highest BCUT2D eigenvalue weighted by Gasteiger charge is 2.12. The van der Waals surface area contributed by atoms with Gasteiger partial charge in [-0.1, -0.05) is 24.3 Å². The number of aromatic nitrogens is 2. The normalized spacial score (nSPS) is 10.6. The molecule has 124 valence electrons. The Bertz CT molecular complexity index is 825. The molecule has 0 spiro atoms. The van der Waals surface area contributed by atoms with Crippen molar-refractivity contribution >= 4 is 22.9 Å². The molecular weight excluding hydrogens is 306 g/mol. The van der Waals surface area contributed by atoms with Crippen LogP contribution in [0.1, 0.15) is 12.0 Å². The van der Waals surface area contributed by atoms with Gasteiger partial charge in [0, 0.05) is 6.42 Å². The molecule has 2 aromatic carbocycles. The van der Waals surface area contributed by atoms with E-state index in [-0.39, 0.29) is 5.91 Å². The first-order valence-corrected chi connectivity index (χ1v) is 7.65. The van der Waals surface area contributed by atoms with Crippen molar-refractivity contribution in [3.63, 3.8) is 0 Å². The summed E-state index contributed by atoms with van der Waals surface area (Å²) in [6.45, 7) is 0. The monoisotopic (exact) mass is 325 g/mol. The quantitative estimate of drug-likeness (QED) is 0.730. The summed E-state index contributed by atoms with van der Waals surface area (Å²) in [6, 6.07) is 13.3. The third-order valence-electron chi connectivity index (χ3n) is 3.75. The van der Waals surface area contributed by atoms with Gasteiger partial charge in [0.15, 0.2) is 11.5 Å². The zero-order chi connectivity index (χ0) is 16.9. The van der Waals surface area contributed by atoms with Crippen LogP contribution < -0.4 is 14.8 Å². The van der Waals surface area contributed by atoms with E-state index >= 15 is 0 Å². The second-order valence-corrected chi connectivity index (χ2v) is 5.30. The van der Waals surface area contributed by atoms with Crippen molar-refractivity contribution in [1.29, 1.82) is 0 Å². The third-order valence-corrected chi connectivity index (χ3v) is 3.75. The number of nitrogens with zero attached hydrogens (tertiary/aromatic N) is 1. The Labute approximate surface area is 139 Å². The molecule has 2 N–H and O–H groups in total. The number of carbonyl (C=O) groups excluding carboxylic acids is 1. The standard InChI is InChI=1S/C18H19N3O3/c1-23-15-9-5-6-12(17(15)24-2)10-11-16(22)21-18-19-13-7-3-4-8-14(13)20-18/h3-9H,10-11H2,1-2H3,(H2,19,20,21,22). The minimum Gasteiger partial charge on any atom is -0.493 e. The van der Waals surface area contributed by atoms with Gasteiger partial charge in [0.05, 0.1) is 25.3 Å². The molecule has 24 heavy (non-hydrogen) atoms. The molecule has 0 aliphatic rings. The molecule has 0 aliphatic carbocycles. The van der Waals surface area contributed by atoms with Crippen molar-refractivity contribution in [2.45, 2.75) is 12.8 Å². The van der Waals surface area contributed by atoms with Crippen LogP contribution in [0.2, 0.25) is 0 Å². The maximum absolute atomic E-state index is 12.2. The molecule has 1 aromatic heterocycles. The molecule has 0 saturated carbocycles. The summed E-state index contributed by atoms with van der Waals surface area (Å²) >= 11 is 0. The molecule has 0 unspecified atom stereocenters. The van der Waals surface area contributed by atoms with Crippen LogP contribution in [-0.4, -0.2) is 30.1 Å². The van der Waals surface area contributed by atoms with Crippen molar-refractivity contribution in [2.24, 2.45) is 0 Å². The second-order valence-electron chi connectivity index (χ2n) is 5.30. The average Bonchev–Trinajstić information content (AvgIpc) is 3.01. The highest BCUT2D eigenvalue weighted by atomic mass is 16.5. The number of para-hydroxylation sites is 3. The van der Waals surface area contributed by atoms with Gasteiger partial charge in [0.2, 0.25) is 11.9 Å². The second kappa shape index (κ2) is 7.04. The molecule has 0 atom stereocenters. The molecule has 0 fully saturated rings. The molecular formula is C18H19N3O3. The number of anilines is 1. The minimum atomic E-state index is -0.112. The number of imidazole rings is 1. The summed E-state index contributed by atoms with van der Waals surface area (Å²) in [5.74, 6) is 1.67. The Morgan fingerprint density at radius 2 is 1.96 bits per heavy atom. The lowest BCUT2D eigenvalue weighted by Crippen LogP contribution is -2.13. The lowest BCUT2D eigenvalue weighted by atomic mass is 10.1. The van der Waals surface area contributed by atoms with Gasteiger partial charge in [0.25, 0.3) is 0 Å².